The molecule has 2 N–H and O–H groups in total. The van der Waals surface area contributed by atoms with E-state index in [9.17, 15) is 9.18 Å². The van der Waals surface area contributed by atoms with Crippen LogP contribution in [0.25, 0.3) is 22.2 Å². The number of urea groups is 1. The molecular formula is C20H22FN5O2. The predicted molar refractivity (Wildman–Crippen MR) is 105 cm³/mol. The fraction of sp³-hybridized carbons (Fsp3) is 0.350. The molecule has 146 valence electrons. The van der Waals surface area contributed by atoms with Gasteiger partial charge in [0.1, 0.15) is 17.3 Å². The number of nitrogens with one attached hydrogen (secondary N) is 2. The van der Waals surface area contributed by atoms with Crippen molar-refractivity contribution in [2.45, 2.75) is 12.8 Å². The fourth-order valence-electron chi connectivity index (χ4n) is 3.33. The Hall–Kier alpha value is -3.00. The van der Waals surface area contributed by atoms with Crippen LogP contribution in [0.3, 0.4) is 0 Å². The number of rotatable bonds is 5. The van der Waals surface area contributed by atoms with Crippen molar-refractivity contribution < 1.29 is 13.9 Å². The van der Waals surface area contributed by atoms with E-state index in [0.29, 0.717) is 24.0 Å². The molecule has 1 fully saturated rings. The standard InChI is InChI=1S/C20H22FN5O2/c1-26(20(27)22-8-6-13-7-9-28-12-13)18-10-17-16(11-23-18)19(25-24-17)14-2-4-15(21)5-3-14/h2-5,10-11,13H,6-9,12H2,1H3,(H,22,27)(H,24,25). The van der Waals surface area contributed by atoms with E-state index < -0.39 is 0 Å². The summed E-state index contributed by atoms with van der Waals surface area (Å²) in [5.41, 5.74) is 2.25. The molecule has 1 unspecified atom stereocenters. The number of H-pyrrole nitrogens is 1. The fourth-order valence-corrected chi connectivity index (χ4v) is 3.33. The minimum Gasteiger partial charge on any atom is -0.381 e. The number of hydrogen-bond acceptors (Lipinski definition) is 4. The Labute approximate surface area is 161 Å². The van der Waals surface area contributed by atoms with Crippen LogP contribution in [-0.2, 0) is 4.74 Å². The number of carbonyl (C=O) groups excluding carboxylic acids is 1. The van der Waals surface area contributed by atoms with Crippen LogP contribution in [0.1, 0.15) is 12.8 Å². The Morgan fingerprint density at radius 3 is 2.96 bits per heavy atom. The van der Waals surface area contributed by atoms with Gasteiger partial charge in [0.15, 0.2) is 0 Å². The number of carbonyl (C=O) groups is 1. The Bertz CT molecular complexity index is 966. The van der Waals surface area contributed by atoms with Crippen LogP contribution < -0.4 is 10.2 Å². The van der Waals surface area contributed by atoms with Crippen molar-refractivity contribution in [3.8, 4) is 11.3 Å². The van der Waals surface area contributed by atoms with Gasteiger partial charge >= 0.3 is 6.03 Å². The summed E-state index contributed by atoms with van der Waals surface area (Å²) in [5.74, 6) is 0.746. The molecule has 2 amide bonds. The molecule has 2 aromatic heterocycles. The Morgan fingerprint density at radius 2 is 2.21 bits per heavy atom. The lowest BCUT2D eigenvalue weighted by Crippen LogP contribution is -2.38. The number of fused-ring (bicyclic) bond motifs is 1. The third-order valence-corrected chi connectivity index (χ3v) is 5.05. The zero-order valence-corrected chi connectivity index (χ0v) is 15.6. The number of amides is 2. The van der Waals surface area contributed by atoms with E-state index in [1.54, 1.807) is 31.4 Å². The lowest BCUT2D eigenvalue weighted by atomic mass is 10.1. The molecule has 8 heteroatoms. The minimum absolute atomic E-state index is 0.205. The lowest BCUT2D eigenvalue weighted by Gasteiger charge is -2.17. The van der Waals surface area contributed by atoms with E-state index >= 15 is 0 Å². The van der Waals surface area contributed by atoms with E-state index in [-0.39, 0.29) is 11.8 Å². The molecule has 28 heavy (non-hydrogen) atoms. The molecule has 0 radical (unpaired) electrons. The topological polar surface area (TPSA) is 83.1 Å². The van der Waals surface area contributed by atoms with E-state index in [4.69, 9.17) is 4.74 Å². The molecule has 0 bridgehead atoms. The monoisotopic (exact) mass is 383 g/mol. The highest BCUT2D eigenvalue weighted by Gasteiger charge is 2.18. The van der Waals surface area contributed by atoms with Crippen molar-refractivity contribution in [2.75, 3.05) is 31.7 Å². The van der Waals surface area contributed by atoms with Crippen LogP contribution >= 0.6 is 0 Å². The number of hydrogen-bond donors (Lipinski definition) is 2. The van der Waals surface area contributed by atoms with E-state index in [0.717, 1.165) is 42.5 Å². The summed E-state index contributed by atoms with van der Waals surface area (Å²) in [7, 11) is 1.68. The van der Waals surface area contributed by atoms with Crippen LogP contribution in [0.15, 0.2) is 36.5 Å². The number of aromatic amines is 1. The quantitative estimate of drug-likeness (QED) is 0.708. The number of benzene rings is 1. The maximum atomic E-state index is 13.1. The van der Waals surface area contributed by atoms with E-state index in [1.807, 2.05) is 0 Å². The first-order chi connectivity index (χ1) is 13.6. The van der Waals surface area contributed by atoms with Crippen LogP contribution in [0.4, 0.5) is 15.0 Å². The lowest BCUT2D eigenvalue weighted by molar-refractivity contribution is 0.184. The molecular weight excluding hydrogens is 361 g/mol. The van der Waals surface area contributed by atoms with Gasteiger partial charge in [-0.2, -0.15) is 5.10 Å². The average Bonchev–Trinajstić information content (AvgIpc) is 3.37. The molecule has 0 saturated carbocycles. The summed E-state index contributed by atoms with van der Waals surface area (Å²) in [6.07, 6.45) is 3.64. The van der Waals surface area contributed by atoms with Gasteiger partial charge in [0, 0.05) is 50.0 Å². The molecule has 0 aliphatic carbocycles. The molecule has 1 aliphatic rings. The second-order valence-electron chi connectivity index (χ2n) is 6.98. The van der Waals surface area contributed by atoms with Crippen molar-refractivity contribution in [1.82, 2.24) is 20.5 Å². The maximum Gasteiger partial charge on any atom is 0.322 e. The van der Waals surface area contributed by atoms with Gasteiger partial charge in [-0.25, -0.2) is 14.2 Å². The van der Waals surface area contributed by atoms with Crippen molar-refractivity contribution in [3.63, 3.8) is 0 Å². The molecule has 1 aliphatic heterocycles. The van der Waals surface area contributed by atoms with Gasteiger partial charge < -0.3 is 10.1 Å². The third kappa shape index (κ3) is 3.82. The maximum absolute atomic E-state index is 13.1. The predicted octanol–water partition coefficient (Wildman–Crippen LogP) is 3.34. The van der Waals surface area contributed by atoms with Gasteiger partial charge in [-0.1, -0.05) is 0 Å². The SMILES string of the molecule is CN(C(=O)NCCC1CCOC1)c1cc2[nH]nc(-c3ccc(F)cc3)c2cn1. The number of pyridine rings is 1. The largest absolute Gasteiger partial charge is 0.381 e. The van der Waals surface area contributed by atoms with Gasteiger partial charge in [0.2, 0.25) is 0 Å². The van der Waals surface area contributed by atoms with Crippen molar-refractivity contribution in [1.29, 1.82) is 0 Å². The van der Waals surface area contributed by atoms with Gasteiger partial charge in [-0.05, 0) is 43.0 Å². The molecule has 1 atom stereocenters. The molecule has 1 saturated heterocycles. The average molecular weight is 383 g/mol. The molecule has 0 spiro atoms. The summed E-state index contributed by atoms with van der Waals surface area (Å²) in [4.78, 5) is 18.3. The van der Waals surface area contributed by atoms with Crippen molar-refractivity contribution >= 4 is 22.8 Å². The molecule has 3 aromatic rings. The highest BCUT2D eigenvalue weighted by atomic mass is 19.1. The summed E-state index contributed by atoms with van der Waals surface area (Å²) < 4.78 is 18.5. The Morgan fingerprint density at radius 1 is 1.39 bits per heavy atom. The van der Waals surface area contributed by atoms with E-state index in [1.165, 1.54) is 17.0 Å². The summed E-state index contributed by atoms with van der Waals surface area (Å²) >= 11 is 0. The van der Waals surface area contributed by atoms with Crippen molar-refractivity contribution in [3.05, 3.63) is 42.3 Å². The van der Waals surface area contributed by atoms with Gasteiger partial charge in [-0.3, -0.25) is 10.00 Å². The molecule has 1 aromatic carbocycles. The first-order valence-corrected chi connectivity index (χ1v) is 9.31. The Balaban J connectivity index is 1.45. The number of aromatic nitrogens is 3. The first kappa shape index (κ1) is 18.4. The van der Waals surface area contributed by atoms with Gasteiger partial charge in [0.05, 0.1) is 5.52 Å². The summed E-state index contributed by atoms with van der Waals surface area (Å²) in [6, 6.07) is 7.71. The second kappa shape index (κ2) is 7.93. The van der Waals surface area contributed by atoms with Crippen LogP contribution in [0.5, 0.6) is 0 Å². The number of anilines is 1. The summed E-state index contributed by atoms with van der Waals surface area (Å²) in [6.45, 7) is 2.20. The number of halogens is 1. The number of nitrogens with zero attached hydrogens (tertiary/aromatic N) is 3. The molecule has 4 rings (SSSR count). The zero-order valence-electron chi connectivity index (χ0n) is 15.6. The number of ether oxygens (including phenoxy) is 1. The normalized spacial score (nSPS) is 16.4. The highest BCUT2D eigenvalue weighted by molar-refractivity contribution is 5.96. The first-order valence-electron chi connectivity index (χ1n) is 9.31. The minimum atomic E-state index is -0.294. The van der Waals surface area contributed by atoms with Crippen LogP contribution in [0.2, 0.25) is 0 Å². The van der Waals surface area contributed by atoms with Crippen LogP contribution in [-0.4, -0.2) is 48.0 Å². The summed E-state index contributed by atoms with van der Waals surface area (Å²) in [5, 5.41) is 11.0. The molecule has 7 nitrogen and oxygen atoms in total. The smallest absolute Gasteiger partial charge is 0.322 e. The van der Waals surface area contributed by atoms with Crippen LogP contribution in [0, 0.1) is 11.7 Å². The van der Waals surface area contributed by atoms with Gasteiger partial charge in [-0.15, -0.1) is 0 Å². The second-order valence-corrected chi connectivity index (χ2v) is 6.98. The highest BCUT2D eigenvalue weighted by Crippen LogP contribution is 2.27. The Kier molecular flexibility index (Phi) is 5.21. The molecule has 3 heterocycles. The third-order valence-electron chi connectivity index (χ3n) is 5.05. The van der Waals surface area contributed by atoms with E-state index in [2.05, 4.69) is 20.5 Å². The van der Waals surface area contributed by atoms with Gasteiger partial charge in [0.25, 0.3) is 0 Å². The zero-order chi connectivity index (χ0) is 19.5. The van der Waals surface area contributed by atoms with Crippen molar-refractivity contribution in [2.24, 2.45) is 5.92 Å².